The Hall–Kier alpha value is -3.58. The molecule has 1 N–H and O–H groups in total. The number of Topliss-reactive ketones (excluding diaryl/α,β-unsaturated/α-hetero) is 1. The maximum absolute atomic E-state index is 13.4. The van der Waals surface area contributed by atoms with Crippen molar-refractivity contribution in [3.63, 3.8) is 0 Å². The first-order valence-electron chi connectivity index (χ1n) is 10.8. The Kier molecular flexibility index (Phi) is 6.79. The molecule has 1 atom stereocenters. The summed E-state index contributed by atoms with van der Waals surface area (Å²) < 4.78 is 11.4. The Balaban J connectivity index is 1.82. The Morgan fingerprint density at radius 1 is 1.00 bits per heavy atom. The molecule has 1 aliphatic heterocycles. The van der Waals surface area contributed by atoms with E-state index in [-0.39, 0.29) is 17.9 Å². The van der Waals surface area contributed by atoms with Crippen molar-refractivity contribution in [3.05, 3.63) is 93.4 Å². The molecule has 2 heterocycles. The molecule has 1 aromatic heterocycles. The maximum atomic E-state index is 13.4. The largest absolute Gasteiger partial charge is 0.503 e. The van der Waals surface area contributed by atoms with Crippen molar-refractivity contribution < 1.29 is 24.2 Å². The predicted octanol–water partition coefficient (Wildman–Crippen LogP) is 5.32. The molecule has 170 valence electrons. The first kappa shape index (κ1) is 22.6. The summed E-state index contributed by atoms with van der Waals surface area (Å²) in [7, 11) is 0. The lowest BCUT2D eigenvalue weighted by atomic mass is 9.94. The SMILES string of the molecule is CCOc1ccc(C2C(C(=O)c3cccs3)=C(O)C(=O)N2Cc2ccccc2)cc1OCC. The van der Waals surface area contributed by atoms with Gasteiger partial charge < -0.3 is 19.5 Å². The van der Waals surface area contributed by atoms with Gasteiger partial charge in [0, 0.05) is 6.54 Å². The number of ketones is 1. The van der Waals surface area contributed by atoms with Gasteiger partial charge in [-0.05, 0) is 48.6 Å². The summed E-state index contributed by atoms with van der Waals surface area (Å²) in [6.45, 7) is 4.92. The van der Waals surface area contributed by atoms with Crippen LogP contribution in [0, 0.1) is 0 Å². The molecule has 33 heavy (non-hydrogen) atoms. The highest BCUT2D eigenvalue weighted by Crippen LogP contribution is 2.42. The van der Waals surface area contributed by atoms with Gasteiger partial charge in [-0.15, -0.1) is 11.3 Å². The van der Waals surface area contributed by atoms with Crippen LogP contribution in [0.1, 0.15) is 40.7 Å². The number of carbonyl (C=O) groups excluding carboxylic acids is 2. The quantitative estimate of drug-likeness (QED) is 0.435. The number of thiophene rings is 1. The van der Waals surface area contributed by atoms with Crippen molar-refractivity contribution in [2.75, 3.05) is 13.2 Å². The first-order valence-corrected chi connectivity index (χ1v) is 11.7. The maximum Gasteiger partial charge on any atom is 0.290 e. The third kappa shape index (κ3) is 4.50. The van der Waals surface area contributed by atoms with Crippen LogP contribution in [-0.2, 0) is 11.3 Å². The highest BCUT2D eigenvalue weighted by atomic mass is 32.1. The number of hydrogen-bond acceptors (Lipinski definition) is 6. The van der Waals surface area contributed by atoms with Crippen LogP contribution in [-0.4, -0.2) is 34.9 Å². The summed E-state index contributed by atoms with van der Waals surface area (Å²) in [6.07, 6.45) is 0. The minimum absolute atomic E-state index is 0.0741. The summed E-state index contributed by atoms with van der Waals surface area (Å²) >= 11 is 1.27. The molecule has 0 saturated heterocycles. The molecule has 4 rings (SSSR count). The molecule has 0 radical (unpaired) electrons. The molecule has 1 aliphatic rings. The zero-order valence-corrected chi connectivity index (χ0v) is 19.3. The van der Waals surface area contributed by atoms with E-state index in [4.69, 9.17) is 9.47 Å². The molecule has 1 unspecified atom stereocenters. The number of carbonyl (C=O) groups is 2. The molecule has 3 aromatic rings. The van der Waals surface area contributed by atoms with Gasteiger partial charge in [0.1, 0.15) is 0 Å². The molecule has 0 spiro atoms. The van der Waals surface area contributed by atoms with E-state index >= 15 is 0 Å². The minimum Gasteiger partial charge on any atom is -0.503 e. The summed E-state index contributed by atoms with van der Waals surface area (Å²) in [4.78, 5) is 28.5. The lowest BCUT2D eigenvalue weighted by molar-refractivity contribution is -0.130. The number of hydrogen-bond donors (Lipinski definition) is 1. The molecular weight excluding hydrogens is 438 g/mol. The molecule has 0 aliphatic carbocycles. The van der Waals surface area contributed by atoms with Crippen molar-refractivity contribution in [1.29, 1.82) is 0 Å². The number of ether oxygens (including phenoxy) is 2. The number of benzene rings is 2. The second-order valence-electron chi connectivity index (χ2n) is 7.46. The van der Waals surface area contributed by atoms with E-state index in [1.165, 1.54) is 16.2 Å². The fraction of sp³-hybridized carbons (Fsp3) is 0.231. The van der Waals surface area contributed by atoms with Crippen LogP contribution in [0.25, 0.3) is 0 Å². The summed E-state index contributed by atoms with van der Waals surface area (Å²) in [5.41, 5.74) is 1.63. The van der Waals surface area contributed by atoms with Crippen LogP contribution < -0.4 is 9.47 Å². The van der Waals surface area contributed by atoms with Crippen LogP contribution in [0.4, 0.5) is 0 Å². The summed E-state index contributed by atoms with van der Waals surface area (Å²) in [5, 5.41) is 12.6. The van der Waals surface area contributed by atoms with Crippen LogP contribution in [0.2, 0.25) is 0 Å². The molecule has 0 saturated carbocycles. The molecule has 0 bridgehead atoms. The van der Waals surface area contributed by atoms with E-state index < -0.39 is 17.7 Å². The Morgan fingerprint density at radius 2 is 1.73 bits per heavy atom. The minimum atomic E-state index is -0.762. The van der Waals surface area contributed by atoms with Crippen LogP contribution in [0.15, 0.2) is 77.4 Å². The standard InChI is InChI=1S/C26H25NO5S/c1-3-31-19-13-12-18(15-20(19)32-4-2)23-22(24(28)21-11-8-14-33-21)25(29)26(30)27(23)16-17-9-6-5-7-10-17/h5-15,23,29H,3-4,16H2,1-2H3. The number of aliphatic hydroxyl groups is 1. The second kappa shape index (κ2) is 9.92. The van der Waals surface area contributed by atoms with Gasteiger partial charge in [0.25, 0.3) is 5.91 Å². The van der Waals surface area contributed by atoms with Gasteiger partial charge in [0.05, 0.1) is 29.7 Å². The van der Waals surface area contributed by atoms with Crippen molar-refractivity contribution in [2.45, 2.75) is 26.4 Å². The van der Waals surface area contributed by atoms with E-state index in [9.17, 15) is 14.7 Å². The predicted molar refractivity (Wildman–Crippen MR) is 127 cm³/mol. The van der Waals surface area contributed by atoms with Gasteiger partial charge in [0.15, 0.2) is 17.3 Å². The number of amides is 1. The fourth-order valence-electron chi connectivity index (χ4n) is 3.95. The summed E-state index contributed by atoms with van der Waals surface area (Å²) in [6, 6.07) is 17.6. The third-order valence-corrected chi connectivity index (χ3v) is 6.24. The first-order chi connectivity index (χ1) is 16.0. The van der Waals surface area contributed by atoms with Crippen LogP contribution in [0.5, 0.6) is 11.5 Å². The summed E-state index contributed by atoms with van der Waals surface area (Å²) in [5.74, 6) is -0.334. The zero-order valence-electron chi connectivity index (χ0n) is 18.5. The van der Waals surface area contributed by atoms with Crippen LogP contribution >= 0.6 is 11.3 Å². The van der Waals surface area contributed by atoms with E-state index in [0.717, 1.165) is 5.56 Å². The molecule has 1 amide bonds. The highest BCUT2D eigenvalue weighted by molar-refractivity contribution is 7.12. The van der Waals surface area contributed by atoms with Gasteiger partial charge in [-0.2, -0.15) is 0 Å². The monoisotopic (exact) mass is 463 g/mol. The normalized spacial score (nSPS) is 15.8. The average molecular weight is 464 g/mol. The lowest BCUT2D eigenvalue weighted by Crippen LogP contribution is -2.30. The lowest BCUT2D eigenvalue weighted by Gasteiger charge is -2.27. The molecule has 2 aromatic carbocycles. The van der Waals surface area contributed by atoms with E-state index in [0.29, 0.717) is 35.2 Å². The van der Waals surface area contributed by atoms with Crippen molar-refractivity contribution in [3.8, 4) is 11.5 Å². The number of rotatable bonds is 9. The topological polar surface area (TPSA) is 76.1 Å². The van der Waals surface area contributed by atoms with Crippen molar-refractivity contribution in [2.24, 2.45) is 0 Å². The molecule has 7 heteroatoms. The highest BCUT2D eigenvalue weighted by Gasteiger charge is 2.44. The Morgan fingerprint density at radius 3 is 2.39 bits per heavy atom. The van der Waals surface area contributed by atoms with Crippen LogP contribution in [0.3, 0.4) is 0 Å². The number of aliphatic hydroxyl groups excluding tert-OH is 1. The molecule has 6 nitrogen and oxygen atoms in total. The average Bonchev–Trinajstić information content (AvgIpc) is 3.44. The zero-order chi connectivity index (χ0) is 23.4. The van der Waals surface area contributed by atoms with Crippen molar-refractivity contribution >= 4 is 23.0 Å². The molecule has 0 fully saturated rings. The Bertz CT molecular complexity index is 1170. The fourth-order valence-corrected chi connectivity index (χ4v) is 4.63. The molecular formula is C26H25NO5S. The van der Waals surface area contributed by atoms with E-state index in [1.807, 2.05) is 50.2 Å². The van der Waals surface area contributed by atoms with Gasteiger partial charge in [-0.25, -0.2) is 0 Å². The van der Waals surface area contributed by atoms with Gasteiger partial charge in [-0.1, -0.05) is 42.5 Å². The van der Waals surface area contributed by atoms with E-state index in [2.05, 4.69) is 0 Å². The second-order valence-corrected chi connectivity index (χ2v) is 8.41. The van der Waals surface area contributed by atoms with Gasteiger partial charge in [-0.3, -0.25) is 9.59 Å². The van der Waals surface area contributed by atoms with E-state index in [1.54, 1.807) is 29.6 Å². The van der Waals surface area contributed by atoms with Gasteiger partial charge >= 0.3 is 0 Å². The third-order valence-electron chi connectivity index (χ3n) is 5.37. The van der Waals surface area contributed by atoms with Crippen molar-refractivity contribution in [1.82, 2.24) is 4.90 Å². The smallest absolute Gasteiger partial charge is 0.290 e. The number of nitrogens with zero attached hydrogens (tertiary/aromatic N) is 1. The van der Waals surface area contributed by atoms with Gasteiger partial charge in [0.2, 0.25) is 5.78 Å². The Labute approximate surface area is 196 Å².